The van der Waals surface area contributed by atoms with Crippen LogP contribution in [0.2, 0.25) is 0 Å². The predicted molar refractivity (Wildman–Crippen MR) is 83.6 cm³/mol. The van der Waals surface area contributed by atoms with Crippen LogP contribution >= 0.6 is 0 Å². The number of nitrogens with one attached hydrogen (secondary N) is 1. The van der Waals surface area contributed by atoms with E-state index in [1.54, 1.807) is 7.11 Å². The molecule has 0 aliphatic rings. The number of hydrogen-bond donors (Lipinski definition) is 1. The van der Waals surface area contributed by atoms with Crippen molar-refractivity contribution in [3.63, 3.8) is 0 Å². The molecular weight excluding hydrogens is 266 g/mol. The molecule has 2 rings (SSSR count). The standard InChI is InChI=1S/C15H25N5O/c1-5-14-13(10-19(3)18-14)11-20-9-12(2)17-15(20)16-7-6-8-21-4/h9-10H,5-8,11H2,1-4H3,(H,16,17). The zero-order valence-electron chi connectivity index (χ0n) is 13.4. The minimum absolute atomic E-state index is 0.759. The summed E-state index contributed by atoms with van der Waals surface area (Å²) in [6.07, 6.45) is 6.07. The summed E-state index contributed by atoms with van der Waals surface area (Å²) in [5.74, 6) is 0.912. The van der Waals surface area contributed by atoms with Crippen LogP contribution in [-0.2, 0) is 24.8 Å². The lowest BCUT2D eigenvalue weighted by molar-refractivity contribution is 0.197. The van der Waals surface area contributed by atoms with Crippen molar-refractivity contribution in [3.05, 3.63) is 29.3 Å². The van der Waals surface area contributed by atoms with E-state index in [4.69, 9.17) is 4.74 Å². The van der Waals surface area contributed by atoms with Crippen LogP contribution in [0.5, 0.6) is 0 Å². The third-order valence-electron chi connectivity index (χ3n) is 3.37. The lowest BCUT2D eigenvalue weighted by Crippen LogP contribution is -2.11. The number of ether oxygens (including phenoxy) is 1. The summed E-state index contributed by atoms with van der Waals surface area (Å²) in [6.45, 7) is 6.56. The Morgan fingerprint density at radius 1 is 1.33 bits per heavy atom. The van der Waals surface area contributed by atoms with Crippen molar-refractivity contribution in [2.75, 3.05) is 25.6 Å². The smallest absolute Gasteiger partial charge is 0.203 e. The minimum Gasteiger partial charge on any atom is -0.385 e. The Morgan fingerprint density at radius 3 is 2.86 bits per heavy atom. The van der Waals surface area contributed by atoms with Gasteiger partial charge < -0.3 is 14.6 Å². The summed E-state index contributed by atoms with van der Waals surface area (Å²) < 4.78 is 9.10. The minimum atomic E-state index is 0.759. The first-order valence-corrected chi connectivity index (χ1v) is 7.42. The number of rotatable bonds is 8. The molecule has 0 saturated carbocycles. The lowest BCUT2D eigenvalue weighted by Gasteiger charge is -2.09. The van der Waals surface area contributed by atoms with Crippen LogP contribution in [0.15, 0.2) is 12.4 Å². The Labute approximate surface area is 126 Å². The number of aryl methyl sites for hydroxylation is 3. The average molecular weight is 291 g/mol. The topological polar surface area (TPSA) is 56.9 Å². The van der Waals surface area contributed by atoms with Crippen molar-refractivity contribution < 1.29 is 4.74 Å². The number of imidazole rings is 1. The van der Waals surface area contributed by atoms with Crippen molar-refractivity contribution in [3.8, 4) is 0 Å². The molecule has 0 aliphatic carbocycles. The van der Waals surface area contributed by atoms with Crippen LogP contribution in [0.25, 0.3) is 0 Å². The van der Waals surface area contributed by atoms with Gasteiger partial charge in [-0.25, -0.2) is 4.98 Å². The normalized spacial score (nSPS) is 11.0. The summed E-state index contributed by atoms with van der Waals surface area (Å²) in [5, 5.41) is 7.87. The highest BCUT2D eigenvalue weighted by atomic mass is 16.5. The largest absolute Gasteiger partial charge is 0.385 e. The Hall–Kier alpha value is -1.82. The quantitative estimate of drug-likeness (QED) is 0.756. The summed E-state index contributed by atoms with van der Waals surface area (Å²) in [6, 6.07) is 0. The van der Waals surface area contributed by atoms with Crippen LogP contribution in [0.3, 0.4) is 0 Å². The molecule has 116 valence electrons. The molecule has 0 spiro atoms. The number of hydrogen-bond acceptors (Lipinski definition) is 4. The summed E-state index contributed by atoms with van der Waals surface area (Å²) in [7, 11) is 3.69. The maximum absolute atomic E-state index is 5.07. The van der Waals surface area contributed by atoms with E-state index in [-0.39, 0.29) is 0 Å². The maximum atomic E-state index is 5.07. The van der Waals surface area contributed by atoms with E-state index in [0.29, 0.717) is 0 Å². The van der Waals surface area contributed by atoms with Gasteiger partial charge in [0.25, 0.3) is 0 Å². The zero-order valence-corrected chi connectivity index (χ0v) is 13.4. The van der Waals surface area contributed by atoms with Crippen molar-refractivity contribution in [1.82, 2.24) is 19.3 Å². The van der Waals surface area contributed by atoms with E-state index in [0.717, 1.165) is 49.9 Å². The Morgan fingerprint density at radius 2 is 2.14 bits per heavy atom. The van der Waals surface area contributed by atoms with E-state index in [1.807, 2.05) is 18.7 Å². The molecular formula is C15H25N5O. The van der Waals surface area contributed by atoms with E-state index in [2.05, 4.69) is 39.3 Å². The molecule has 6 heteroatoms. The third-order valence-corrected chi connectivity index (χ3v) is 3.37. The fraction of sp³-hybridized carbons (Fsp3) is 0.600. The van der Waals surface area contributed by atoms with Gasteiger partial charge >= 0.3 is 0 Å². The monoisotopic (exact) mass is 291 g/mol. The van der Waals surface area contributed by atoms with Crippen LogP contribution in [0.1, 0.15) is 30.3 Å². The molecule has 6 nitrogen and oxygen atoms in total. The Balaban J connectivity index is 2.08. The van der Waals surface area contributed by atoms with Gasteiger partial charge in [-0.15, -0.1) is 0 Å². The SMILES string of the molecule is CCc1nn(C)cc1Cn1cc(C)nc1NCCCOC. The molecule has 0 saturated heterocycles. The molecule has 0 bridgehead atoms. The van der Waals surface area contributed by atoms with Gasteiger partial charge in [0.15, 0.2) is 0 Å². The fourth-order valence-electron chi connectivity index (χ4n) is 2.42. The van der Waals surface area contributed by atoms with Gasteiger partial charge in [0.2, 0.25) is 5.95 Å². The lowest BCUT2D eigenvalue weighted by atomic mass is 10.2. The highest BCUT2D eigenvalue weighted by Gasteiger charge is 2.10. The van der Waals surface area contributed by atoms with E-state index in [1.165, 1.54) is 5.56 Å². The van der Waals surface area contributed by atoms with E-state index >= 15 is 0 Å². The third kappa shape index (κ3) is 4.07. The number of methoxy groups -OCH3 is 1. The van der Waals surface area contributed by atoms with Gasteiger partial charge in [-0.1, -0.05) is 6.92 Å². The summed E-state index contributed by atoms with van der Waals surface area (Å²) in [5.41, 5.74) is 3.41. The van der Waals surface area contributed by atoms with Gasteiger partial charge in [-0.2, -0.15) is 5.10 Å². The predicted octanol–water partition coefficient (Wildman–Crippen LogP) is 1.98. The molecule has 2 aromatic rings. The molecule has 0 fully saturated rings. The van der Waals surface area contributed by atoms with Crippen LogP contribution in [0, 0.1) is 6.92 Å². The van der Waals surface area contributed by atoms with Crippen LogP contribution in [0.4, 0.5) is 5.95 Å². The molecule has 2 aromatic heterocycles. The Kier molecular flexibility index (Phi) is 5.38. The van der Waals surface area contributed by atoms with Crippen LogP contribution < -0.4 is 5.32 Å². The molecule has 0 atom stereocenters. The van der Waals surface area contributed by atoms with Gasteiger partial charge in [0, 0.05) is 45.3 Å². The molecule has 2 heterocycles. The van der Waals surface area contributed by atoms with Gasteiger partial charge in [0.05, 0.1) is 17.9 Å². The van der Waals surface area contributed by atoms with E-state index in [9.17, 15) is 0 Å². The number of anilines is 1. The highest BCUT2D eigenvalue weighted by Crippen LogP contribution is 2.15. The van der Waals surface area contributed by atoms with E-state index < -0.39 is 0 Å². The fourth-order valence-corrected chi connectivity index (χ4v) is 2.42. The van der Waals surface area contributed by atoms with Crippen LogP contribution in [-0.4, -0.2) is 39.6 Å². The highest BCUT2D eigenvalue weighted by molar-refractivity contribution is 5.31. The Bertz CT molecular complexity index is 573. The molecule has 21 heavy (non-hydrogen) atoms. The van der Waals surface area contributed by atoms with Crippen molar-refractivity contribution in [2.45, 2.75) is 33.2 Å². The first kappa shape index (κ1) is 15.6. The molecule has 0 aliphatic heterocycles. The number of aromatic nitrogens is 4. The molecule has 1 N–H and O–H groups in total. The number of nitrogens with zero attached hydrogens (tertiary/aromatic N) is 4. The van der Waals surface area contributed by atoms with Gasteiger partial charge in [-0.05, 0) is 19.8 Å². The average Bonchev–Trinajstić information content (AvgIpc) is 2.98. The van der Waals surface area contributed by atoms with Crippen molar-refractivity contribution in [1.29, 1.82) is 0 Å². The zero-order chi connectivity index (χ0) is 15.2. The van der Waals surface area contributed by atoms with Crippen molar-refractivity contribution in [2.24, 2.45) is 7.05 Å². The first-order chi connectivity index (χ1) is 10.1. The summed E-state index contributed by atoms with van der Waals surface area (Å²) >= 11 is 0. The van der Waals surface area contributed by atoms with Gasteiger partial charge in [-0.3, -0.25) is 4.68 Å². The van der Waals surface area contributed by atoms with Crippen molar-refractivity contribution >= 4 is 5.95 Å². The maximum Gasteiger partial charge on any atom is 0.203 e. The molecule has 0 unspecified atom stereocenters. The second-order valence-corrected chi connectivity index (χ2v) is 5.24. The molecule has 0 amide bonds. The second kappa shape index (κ2) is 7.26. The molecule has 0 aromatic carbocycles. The molecule has 0 radical (unpaired) electrons. The summed E-state index contributed by atoms with van der Waals surface area (Å²) in [4.78, 5) is 4.55. The first-order valence-electron chi connectivity index (χ1n) is 7.42. The van der Waals surface area contributed by atoms with Gasteiger partial charge in [0.1, 0.15) is 0 Å². The second-order valence-electron chi connectivity index (χ2n) is 5.24.